The van der Waals surface area contributed by atoms with Crippen molar-refractivity contribution in [1.82, 2.24) is 14.9 Å². The molecule has 1 aliphatic heterocycles. The van der Waals surface area contributed by atoms with Crippen LogP contribution in [0.3, 0.4) is 0 Å². The first-order valence-electron chi connectivity index (χ1n) is 9.96. The van der Waals surface area contributed by atoms with E-state index in [4.69, 9.17) is 4.74 Å². The molecule has 0 amide bonds. The van der Waals surface area contributed by atoms with Crippen molar-refractivity contribution in [2.24, 2.45) is 0 Å². The fourth-order valence-electron chi connectivity index (χ4n) is 3.54. The van der Waals surface area contributed by atoms with E-state index in [1.807, 2.05) is 42.5 Å². The number of hydrogen-bond acceptors (Lipinski definition) is 5. The van der Waals surface area contributed by atoms with E-state index in [1.165, 1.54) is 6.07 Å². The van der Waals surface area contributed by atoms with E-state index in [1.54, 1.807) is 23.0 Å². The number of nitrogens with one attached hydrogen (secondary N) is 1. The number of benzene rings is 1. The van der Waals surface area contributed by atoms with Gasteiger partial charge in [-0.3, -0.25) is 9.36 Å². The third-order valence-corrected chi connectivity index (χ3v) is 5.21. The molecule has 4 rings (SSSR count). The minimum Gasteiger partial charge on any atom is -0.489 e. The molecule has 0 saturated carbocycles. The molecule has 0 unspecified atom stereocenters. The number of pyridine rings is 2. The van der Waals surface area contributed by atoms with Crippen molar-refractivity contribution in [3.63, 3.8) is 0 Å². The molecule has 0 aliphatic carbocycles. The van der Waals surface area contributed by atoms with Crippen LogP contribution < -0.4 is 20.5 Å². The van der Waals surface area contributed by atoms with Crippen molar-refractivity contribution in [1.29, 1.82) is 0 Å². The number of nitrogens with zero attached hydrogens (tertiary/aromatic N) is 3. The van der Waals surface area contributed by atoms with E-state index >= 15 is 0 Å². The van der Waals surface area contributed by atoms with Crippen LogP contribution in [0.2, 0.25) is 0 Å². The van der Waals surface area contributed by atoms with Gasteiger partial charge in [-0.2, -0.15) is 0 Å². The van der Waals surface area contributed by atoms with Crippen LogP contribution in [-0.4, -0.2) is 34.7 Å². The highest BCUT2D eigenvalue weighted by molar-refractivity contribution is 5.45. The summed E-state index contributed by atoms with van der Waals surface area (Å²) in [6.07, 6.45) is 3.48. The third kappa shape index (κ3) is 4.49. The second-order valence-electron chi connectivity index (χ2n) is 7.53. The normalized spacial score (nSPS) is 19.2. The average molecular weight is 390 g/mol. The second-order valence-corrected chi connectivity index (χ2v) is 7.53. The molecule has 1 aromatic carbocycles. The Kier molecular flexibility index (Phi) is 5.62. The van der Waals surface area contributed by atoms with Gasteiger partial charge in [0.15, 0.2) is 0 Å². The average Bonchev–Trinajstić information content (AvgIpc) is 2.75. The predicted octanol–water partition coefficient (Wildman–Crippen LogP) is 3.00. The second kappa shape index (κ2) is 8.49. The quantitative estimate of drug-likeness (QED) is 0.726. The minimum atomic E-state index is -0.144. The lowest BCUT2D eigenvalue weighted by atomic mass is 10.1. The SMILES string of the molecule is C[C@@H]1CN(c2ccc(-n3ccc(OCc4ccccc4)cc3=O)cn2)[C@@H](C)CN1. The molecule has 3 aromatic rings. The van der Waals surface area contributed by atoms with Crippen LogP contribution in [0.5, 0.6) is 5.75 Å². The van der Waals surface area contributed by atoms with Crippen LogP contribution in [0.1, 0.15) is 19.4 Å². The van der Waals surface area contributed by atoms with E-state index in [9.17, 15) is 4.79 Å². The molecular formula is C23H26N4O2. The van der Waals surface area contributed by atoms with Crippen LogP contribution in [0.25, 0.3) is 5.69 Å². The van der Waals surface area contributed by atoms with Gasteiger partial charge in [-0.05, 0) is 37.6 Å². The zero-order valence-corrected chi connectivity index (χ0v) is 16.8. The largest absolute Gasteiger partial charge is 0.489 e. The van der Waals surface area contributed by atoms with E-state index in [-0.39, 0.29) is 5.56 Å². The number of rotatable bonds is 5. The zero-order valence-electron chi connectivity index (χ0n) is 16.8. The minimum absolute atomic E-state index is 0.144. The lowest BCUT2D eigenvalue weighted by molar-refractivity contribution is 0.305. The Labute approximate surface area is 170 Å². The maximum atomic E-state index is 12.6. The number of aromatic nitrogens is 2. The van der Waals surface area contributed by atoms with Gasteiger partial charge < -0.3 is 15.0 Å². The van der Waals surface area contributed by atoms with E-state index in [0.29, 0.717) is 24.4 Å². The smallest absolute Gasteiger partial charge is 0.258 e. The van der Waals surface area contributed by atoms with Gasteiger partial charge in [0.05, 0.1) is 11.9 Å². The summed E-state index contributed by atoms with van der Waals surface area (Å²) in [5.74, 6) is 1.49. The van der Waals surface area contributed by atoms with Gasteiger partial charge in [-0.15, -0.1) is 0 Å². The van der Waals surface area contributed by atoms with Crippen LogP contribution in [0, 0.1) is 0 Å². The number of hydrogen-bond donors (Lipinski definition) is 1. The van der Waals surface area contributed by atoms with Crippen molar-refractivity contribution in [3.05, 3.63) is 82.9 Å². The van der Waals surface area contributed by atoms with Gasteiger partial charge in [0.1, 0.15) is 18.2 Å². The molecule has 2 atom stereocenters. The summed E-state index contributed by atoms with van der Waals surface area (Å²) < 4.78 is 7.32. The Balaban J connectivity index is 1.47. The Morgan fingerprint density at radius 3 is 2.69 bits per heavy atom. The summed E-state index contributed by atoms with van der Waals surface area (Å²) in [6, 6.07) is 17.9. The molecule has 6 heteroatoms. The predicted molar refractivity (Wildman–Crippen MR) is 115 cm³/mol. The lowest BCUT2D eigenvalue weighted by Gasteiger charge is -2.38. The summed E-state index contributed by atoms with van der Waals surface area (Å²) >= 11 is 0. The fraction of sp³-hybridized carbons (Fsp3) is 0.304. The van der Waals surface area contributed by atoms with Gasteiger partial charge in [0, 0.05) is 37.4 Å². The summed E-state index contributed by atoms with van der Waals surface area (Å²) in [5.41, 5.74) is 1.66. The molecule has 2 aromatic heterocycles. The number of piperazine rings is 1. The molecule has 0 radical (unpaired) electrons. The Hall–Kier alpha value is -3.12. The van der Waals surface area contributed by atoms with Crippen molar-refractivity contribution in [2.45, 2.75) is 32.5 Å². The fourth-order valence-corrected chi connectivity index (χ4v) is 3.54. The third-order valence-electron chi connectivity index (χ3n) is 5.21. The van der Waals surface area contributed by atoms with Gasteiger partial charge in [-0.25, -0.2) is 4.98 Å². The van der Waals surface area contributed by atoms with Crippen LogP contribution >= 0.6 is 0 Å². The first kappa shape index (κ1) is 19.2. The van der Waals surface area contributed by atoms with E-state index in [0.717, 1.165) is 30.2 Å². The Morgan fingerprint density at radius 1 is 1.14 bits per heavy atom. The zero-order chi connectivity index (χ0) is 20.2. The maximum absolute atomic E-state index is 12.6. The molecule has 1 N–H and O–H groups in total. The number of ether oxygens (including phenoxy) is 1. The van der Waals surface area contributed by atoms with Crippen molar-refractivity contribution in [3.8, 4) is 11.4 Å². The summed E-state index contributed by atoms with van der Waals surface area (Å²) in [5, 5.41) is 3.48. The van der Waals surface area contributed by atoms with Gasteiger partial charge in [0.25, 0.3) is 5.56 Å². The molecule has 29 heavy (non-hydrogen) atoms. The molecule has 6 nitrogen and oxygen atoms in total. The van der Waals surface area contributed by atoms with Crippen LogP contribution in [0.15, 0.2) is 71.8 Å². The highest BCUT2D eigenvalue weighted by Crippen LogP contribution is 2.19. The molecule has 3 heterocycles. The molecule has 1 aliphatic rings. The topological polar surface area (TPSA) is 59.4 Å². The summed E-state index contributed by atoms with van der Waals surface area (Å²) in [6.45, 7) is 6.65. The van der Waals surface area contributed by atoms with E-state index in [2.05, 4.69) is 29.0 Å². The first-order chi connectivity index (χ1) is 14.1. The van der Waals surface area contributed by atoms with Crippen molar-refractivity contribution < 1.29 is 4.74 Å². The molecule has 0 bridgehead atoms. The summed E-state index contributed by atoms with van der Waals surface area (Å²) in [7, 11) is 0. The van der Waals surface area contributed by atoms with Crippen LogP contribution in [-0.2, 0) is 6.61 Å². The highest BCUT2D eigenvalue weighted by atomic mass is 16.5. The lowest BCUT2D eigenvalue weighted by Crippen LogP contribution is -2.54. The highest BCUT2D eigenvalue weighted by Gasteiger charge is 2.23. The monoisotopic (exact) mass is 390 g/mol. The van der Waals surface area contributed by atoms with Crippen LogP contribution in [0.4, 0.5) is 5.82 Å². The summed E-state index contributed by atoms with van der Waals surface area (Å²) in [4.78, 5) is 19.5. The Bertz CT molecular complexity index is 1000. The molecule has 1 saturated heterocycles. The molecule has 150 valence electrons. The maximum Gasteiger partial charge on any atom is 0.258 e. The molecule has 1 fully saturated rings. The standard InChI is InChI=1S/C23H26N4O2/c1-17-15-27(18(2)13-24-17)22-9-8-20(14-25-22)26-11-10-21(12-23(26)28)29-16-19-6-4-3-5-7-19/h3-12,14,17-18,24H,13,15-16H2,1-2H3/t17-,18+/m1/s1. The Morgan fingerprint density at radius 2 is 1.97 bits per heavy atom. The number of anilines is 1. The molecular weight excluding hydrogens is 364 g/mol. The van der Waals surface area contributed by atoms with Crippen molar-refractivity contribution >= 4 is 5.82 Å². The molecule has 0 spiro atoms. The van der Waals surface area contributed by atoms with Gasteiger partial charge in [-0.1, -0.05) is 30.3 Å². The van der Waals surface area contributed by atoms with Crippen molar-refractivity contribution in [2.75, 3.05) is 18.0 Å². The van der Waals surface area contributed by atoms with Gasteiger partial charge >= 0.3 is 0 Å². The first-order valence-corrected chi connectivity index (χ1v) is 9.96. The van der Waals surface area contributed by atoms with Gasteiger partial charge in [0.2, 0.25) is 0 Å². The van der Waals surface area contributed by atoms with E-state index < -0.39 is 0 Å².